The number of nitrogens with zero attached hydrogens (tertiary/aromatic N) is 3. The maximum absolute atomic E-state index is 12.4. The number of carbonyl (C=O) groups is 1. The number of hydrogen-bond acceptors (Lipinski definition) is 4. The zero-order valence-electron chi connectivity index (χ0n) is 11.8. The van der Waals surface area contributed by atoms with E-state index in [0.717, 1.165) is 24.5 Å². The van der Waals surface area contributed by atoms with Crippen LogP contribution >= 0.6 is 0 Å². The Labute approximate surface area is 124 Å². The van der Waals surface area contributed by atoms with Crippen molar-refractivity contribution in [2.24, 2.45) is 0 Å². The monoisotopic (exact) mass is 282 g/mol. The molecule has 1 aliphatic heterocycles. The van der Waals surface area contributed by atoms with Crippen LogP contribution in [0.3, 0.4) is 0 Å². The van der Waals surface area contributed by atoms with Gasteiger partial charge in [0, 0.05) is 37.9 Å². The predicted molar refractivity (Wildman–Crippen MR) is 83.2 cm³/mol. The minimum absolute atomic E-state index is 0.0873. The third kappa shape index (κ3) is 2.81. The molecule has 0 aliphatic carbocycles. The fourth-order valence-electron chi connectivity index (χ4n) is 2.56. The molecule has 108 valence electrons. The molecule has 1 aromatic heterocycles. The molecule has 3 rings (SSSR count). The summed E-state index contributed by atoms with van der Waals surface area (Å²) in [6, 6.07) is 13.1. The van der Waals surface area contributed by atoms with Gasteiger partial charge in [0.1, 0.15) is 0 Å². The van der Waals surface area contributed by atoms with Crippen LogP contribution in [-0.4, -0.2) is 42.0 Å². The van der Waals surface area contributed by atoms with E-state index in [9.17, 15) is 4.79 Å². The van der Waals surface area contributed by atoms with Gasteiger partial charge < -0.3 is 15.5 Å². The van der Waals surface area contributed by atoms with Gasteiger partial charge in [-0.15, -0.1) is 0 Å². The zero-order chi connectivity index (χ0) is 14.7. The van der Waals surface area contributed by atoms with Crippen molar-refractivity contribution < 1.29 is 4.79 Å². The average Bonchev–Trinajstić information content (AvgIpc) is 2.56. The van der Waals surface area contributed by atoms with Gasteiger partial charge in [-0.25, -0.2) is 4.98 Å². The van der Waals surface area contributed by atoms with Crippen LogP contribution in [0.1, 0.15) is 10.4 Å². The minimum Gasteiger partial charge on any atom is -0.396 e. The minimum atomic E-state index is 0.0873. The molecule has 1 aliphatic rings. The van der Waals surface area contributed by atoms with Gasteiger partial charge in [-0.2, -0.15) is 0 Å². The fraction of sp³-hybridized carbons (Fsp3) is 0.250. The van der Waals surface area contributed by atoms with E-state index in [4.69, 9.17) is 5.73 Å². The van der Waals surface area contributed by atoms with E-state index in [1.54, 1.807) is 6.20 Å². The molecule has 1 aromatic carbocycles. The number of piperazine rings is 1. The summed E-state index contributed by atoms with van der Waals surface area (Å²) in [5.41, 5.74) is 7.37. The summed E-state index contributed by atoms with van der Waals surface area (Å²) < 4.78 is 0. The van der Waals surface area contributed by atoms with E-state index >= 15 is 0 Å². The van der Waals surface area contributed by atoms with E-state index in [1.165, 1.54) is 0 Å². The van der Waals surface area contributed by atoms with Gasteiger partial charge in [0.25, 0.3) is 5.91 Å². The second kappa shape index (κ2) is 5.83. The molecular weight excluding hydrogens is 264 g/mol. The maximum atomic E-state index is 12.4. The Kier molecular flexibility index (Phi) is 3.73. The van der Waals surface area contributed by atoms with Crippen LogP contribution < -0.4 is 10.6 Å². The molecule has 0 saturated carbocycles. The Balaban J connectivity index is 1.66. The zero-order valence-corrected chi connectivity index (χ0v) is 11.8. The second-order valence-electron chi connectivity index (χ2n) is 5.06. The number of nitrogen functional groups attached to an aromatic ring is 1. The SMILES string of the molecule is Nc1cccnc1N1CCN(C(=O)c2ccccc2)CC1. The van der Waals surface area contributed by atoms with Crippen LogP contribution in [0.4, 0.5) is 11.5 Å². The van der Waals surface area contributed by atoms with Gasteiger partial charge in [-0.05, 0) is 24.3 Å². The Morgan fingerprint density at radius 2 is 1.71 bits per heavy atom. The molecule has 5 heteroatoms. The molecule has 5 nitrogen and oxygen atoms in total. The van der Waals surface area contributed by atoms with Gasteiger partial charge in [0.15, 0.2) is 5.82 Å². The van der Waals surface area contributed by atoms with Gasteiger partial charge in [0.05, 0.1) is 5.69 Å². The quantitative estimate of drug-likeness (QED) is 0.909. The Morgan fingerprint density at radius 3 is 2.38 bits per heavy atom. The first-order valence-corrected chi connectivity index (χ1v) is 7.05. The lowest BCUT2D eigenvalue weighted by molar-refractivity contribution is 0.0746. The first kappa shape index (κ1) is 13.4. The standard InChI is InChI=1S/C16H18N4O/c17-14-7-4-8-18-15(14)19-9-11-20(12-10-19)16(21)13-5-2-1-3-6-13/h1-8H,9-12,17H2. The second-order valence-corrected chi connectivity index (χ2v) is 5.06. The summed E-state index contributed by atoms with van der Waals surface area (Å²) in [5.74, 6) is 0.897. The molecule has 0 bridgehead atoms. The lowest BCUT2D eigenvalue weighted by Crippen LogP contribution is -2.49. The van der Waals surface area contributed by atoms with Crippen molar-refractivity contribution in [3.05, 3.63) is 54.2 Å². The number of anilines is 2. The number of benzene rings is 1. The van der Waals surface area contributed by atoms with Gasteiger partial charge >= 0.3 is 0 Å². The summed E-state index contributed by atoms with van der Waals surface area (Å²) in [6.45, 7) is 2.87. The number of hydrogen-bond donors (Lipinski definition) is 1. The Morgan fingerprint density at radius 1 is 1.00 bits per heavy atom. The first-order chi connectivity index (χ1) is 10.3. The molecule has 2 aromatic rings. The lowest BCUT2D eigenvalue weighted by Gasteiger charge is -2.35. The number of carbonyl (C=O) groups excluding carboxylic acids is 1. The van der Waals surface area contributed by atoms with Gasteiger partial charge in [-0.3, -0.25) is 4.79 Å². The van der Waals surface area contributed by atoms with Crippen LogP contribution in [0.2, 0.25) is 0 Å². The van der Waals surface area contributed by atoms with Crippen molar-refractivity contribution in [1.82, 2.24) is 9.88 Å². The molecular formula is C16H18N4O. The highest BCUT2D eigenvalue weighted by molar-refractivity contribution is 5.94. The summed E-state index contributed by atoms with van der Waals surface area (Å²) in [7, 11) is 0. The summed E-state index contributed by atoms with van der Waals surface area (Å²) in [6.07, 6.45) is 1.74. The first-order valence-electron chi connectivity index (χ1n) is 7.05. The summed E-state index contributed by atoms with van der Waals surface area (Å²) in [4.78, 5) is 20.7. The van der Waals surface area contributed by atoms with Crippen molar-refractivity contribution in [2.75, 3.05) is 36.8 Å². The molecule has 2 heterocycles. The van der Waals surface area contributed by atoms with E-state index in [0.29, 0.717) is 18.8 Å². The number of pyridine rings is 1. The largest absolute Gasteiger partial charge is 0.396 e. The van der Waals surface area contributed by atoms with Crippen LogP contribution in [0.5, 0.6) is 0 Å². The lowest BCUT2D eigenvalue weighted by atomic mass is 10.2. The topological polar surface area (TPSA) is 62.5 Å². The highest BCUT2D eigenvalue weighted by Crippen LogP contribution is 2.21. The smallest absolute Gasteiger partial charge is 0.253 e. The number of nitrogens with two attached hydrogens (primary N) is 1. The predicted octanol–water partition coefficient (Wildman–Crippen LogP) is 1.63. The van der Waals surface area contributed by atoms with E-state index in [1.807, 2.05) is 47.4 Å². The van der Waals surface area contributed by atoms with Gasteiger partial charge in [0.2, 0.25) is 0 Å². The summed E-state index contributed by atoms with van der Waals surface area (Å²) >= 11 is 0. The van der Waals surface area contributed by atoms with Crippen molar-refractivity contribution in [1.29, 1.82) is 0 Å². The molecule has 0 radical (unpaired) electrons. The Hall–Kier alpha value is -2.56. The highest BCUT2D eigenvalue weighted by atomic mass is 16.2. The van der Waals surface area contributed by atoms with Crippen LogP contribution in [0.15, 0.2) is 48.7 Å². The van der Waals surface area contributed by atoms with E-state index < -0.39 is 0 Å². The molecule has 2 N–H and O–H groups in total. The van der Waals surface area contributed by atoms with E-state index in [2.05, 4.69) is 9.88 Å². The fourth-order valence-corrected chi connectivity index (χ4v) is 2.56. The summed E-state index contributed by atoms with van der Waals surface area (Å²) in [5, 5.41) is 0. The molecule has 0 unspecified atom stereocenters. The number of amides is 1. The van der Waals surface area contributed by atoms with Crippen LogP contribution in [0.25, 0.3) is 0 Å². The van der Waals surface area contributed by atoms with Crippen molar-refractivity contribution in [2.45, 2.75) is 0 Å². The molecule has 1 amide bonds. The van der Waals surface area contributed by atoms with Crippen molar-refractivity contribution in [3.8, 4) is 0 Å². The van der Waals surface area contributed by atoms with Crippen LogP contribution in [0, 0.1) is 0 Å². The third-order valence-corrected chi connectivity index (χ3v) is 3.70. The number of aromatic nitrogens is 1. The molecule has 0 atom stereocenters. The van der Waals surface area contributed by atoms with Crippen molar-refractivity contribution >= 4 is 17.4 Å². The van der Waals surface area contributed by atoms with Gasteiger partial charge in [-0.1, -0.05) is 18.2 Å². The molecule has 1 fully saturated rings. The van der Waals surface area contributed by atoms with Crippen molar-refractivity contribution in [3.63, 3.8) is 0 Å². The van der Waals surface area contributed by atoms with Crippen LogP contribution in [-0.2, 0) is 0 Å². The highest BCUT2D eigenvalue weighted by Gasteiger charge is 2.23. The number of rotatable bonds is 2. The Bertz CT molecular complexity index is 621. The maximum Gasteiger partial charge on any atom is 0.253 e. The normalized spacial score (nSPS) is 15.0. The molecule has 0 spiro atoms. The third-order valence-electron chi connectivity index (χ3n) is 3.70. The molecule has 21 heavy (non-hydrogen) atoms. The average molecular weight is 282 g/mol. The van der Waals surface area contributed by atoms with E-state index in [-0.39, 0.29) is 5.91 Å². The molecule has 1 saturated heterocycles.